The predicted molar refractivity (Wildman–Crippen MR) is 53.4 cm³/mol. The third kappa shape index (κ3) is 3.64. The standard InChI is InChI=1S/C10H12F2OS/c1-7(13)4-5-14-10-6-8(11)2-3-9(10)12/h2-3,6-7,13H,4-5H2,1H3. The summed E-state index contributed by atoms with van der Waals surface area (Å²) < 4.78 is 25.7. The number of hydrogen-bond donors (Lipinski definition) is 1. The van der Waals surface area contributed by atoms with Gasteiger partial charge in [-0.25, -0.2) is 8.78 Å². The molecule has 0 bridgehead atoms. The van der Waals surface area contributed by atoms with Crippen LogP contribution in [0.25, 0.3) is 0 Å². The number of aliphatic hydroxyl groups excluding tert-OH is 1. The van der Waals surface area contributed by atoms with Crippen molar-refractivity contribution in [3.63, 3.8) is 0 Å². The van der Waals surface area contributed by atoms with Crippen molar-refractivity contribution in [1.29, 1.82) is 0 Å². The first-order valence-corrected chi connectivity index (χ1v) is 5.34. The van der Waals surface area contributed by atoms with Crippen LogP contribution < -0.4 is 0 Å². The first kappa shape index (κ1) is 11.5. The zero-order chi connectivity index (χ0) is 10.6. The van der Waals surface area contributed by atoms with Gasteiger partial charge in [-0.1, -0.05) is 0 Å². The Balaban J connectivity index is 2.53. The first-order chi connectivity index (χ1) is 6.59. The molecule has 0 saturated carbocycles. The molecular formula is C10H12F2OS. The molecule has 1 aromatic rings. The summed E-state index contributed by atoms with van der Waals surface area (Å²) in [5.41, 5.74) is 0. The molecule has 0 aromatic heterocycles. The van der Waals surface area contributed by atoms with Gasteiger partial charge in [0.05, 0.1) is 6.10 Å². The van der Waals surface area contributed by atoms with Crippen molar-refractivity contribution in [2.24, 2.45) is 0 Å². The molecule has 1 atom stereocenters. The lowest BCUT2D eigenvalue weighted by atomic mass is 10.3. The van der Waals surface area contributed by atoms with E-state index in [2.05, 4.69) is 0 Å². The minimum atomic E-state index is -0.439. The average Bonchev–Trinajstić information content (AvgIpc) is 2.10. The van der Waals surface area contributed by atoms with Crippen LogP contribution in [0.1, 0.15) is 13.3 Å². The molecule has 0 radical (unpaired) electrons. The van der Waals surface area contributed by atoms with E-state index in [0.717, 1.165) is 12.1 Å². The number of hydrogen-bond acceptors (Lipinski definition) is 2. The van der Waals surface area contributed by atoms with Gasteiger partial charge in [0.1, 0.15) is 11.6 Å². The quantitative estimate of drug-likeness (QED) is 0.784. The number of halogens is 2. The van der Waals surface area contributed by atoms with E-state index >= 15 is 0 Å². The molecule has 0 heterocycles. The molecule has 1 N–H and O–H groups in total. The smallest absolute Gasteiger partial charge is 0.136 e. The first-order valence-electron chi connectivity index (χ1n) is 4.35. The lowest BCUT2D eigenvalue weighted by molar-refractivity contribution is 0.192. The average molecular weight is 218 g/mol. The second kappa shape index (κ2) is 5.32. The van der Waals surface area contributed by atoms with Gasteiger partial charge in [-0.3, -0.25) is 0 Å². The minimum Gasteiger partial charge on any atom is -0.393 e. The minimum absolute atomic E-state index is 0.297. The van der Waals surface area contributed by atoms with E-state index in [1.165, 1.54) is 17.8 Å². The van der Waals surface area contributed by atoms with Crippen LogP contribution in [0.4, 0.5) is 8.78 Å². The third-order valence-electron chi connectivity index (χ3n) is 1.69. The van der Waals surface area contributed by atoms with Gasteiger partial charge in [-0.2, -0.15) is 0 Å². The molecule has 1 unspecified atom stereocenters. The topological polar surface area (TPSA) is 20.2 Å². The van der Waals surface area contributed by atoms with E-state index in [-0.39, 0.29) is 0 Å². The Morgan fingerprint density at radius 1 is 1.43 bits per heavy atom. The second-order valence-electron chi connectivity index (χ2n) is 3.06. The van der Waals surface area contributed by atoms with Gasteiger partial charge in [-0.15, -0.1) is 11.8 Å². The molecule has 1 nitrogen and oxygen atoms in total. The number of benzene rings is 1. The fourth-order valence-electron chi connectivity index (χ4n) is 0.927. The van der Waals surface area contributed by atoms with Crippen molar-refractivity contribution >= 4 is 11.8 Å². The van der Waals surface area contributed by atoms with Crippen LogP contribution in [0.3, 0.4) is 0 Å². The molecule has 0 amide bonds. The summed E-state index contributed by atoms with van der Waals surface area (Å²) in [6.45, 7) is 1.67. The molecule has 0 aliphatic rings. The molecule has 4 heteroatoms. The third-order valence-corrected chi connectivity index (χ3v) is 2.75. The summed E-state index contributed by atoms with van der Waals surface area (Å²) in [6.07, 6.45) is 0.166. The van der Waals surface area contributed by atoms with E-state index in [1.807, 2.05) is 0 Å². The number of thioether (sulfide) groups is 1. The second-order valence-corrected chi connectivity index (χ2v) is 4.20. The normalized spacial score (nSPS) is 12.9. The highest BCUT2D eigenvalue weighted by molar-refractivity contribution is 7.99. The maximum absolute atomic E-state index is 13.0. The number of aliphatic hydroxyl groups is 1. The van der Waals surface area contributed by atoms with Gasteiger partial charge in [-0.05, 0) is 31.5 Å². The molecule has 14 heavy (non-hydrogen) atoms. The van der Waals surface area contributed by atoms with Gasteiger partial charge in [0.2, 0.25) is 0 Å². The van der Waals surface area contributed by atoms with Crippen LogP contribution in [-0.2, 0) is 0 Å². The Kier molecular flexibility index (Phi) is 4.35. The maximum atomic E-state index is 13.0. The zero-order valence-electron chi connectivity index (χ0n) is 7.84. The fraction of sp³-hybridized carbons (Fsp3) is 0.400. The van der Waals surface area contributed by atoms with Crippen molar-refractivity contribution in [2.75, 3.05) is 5.75 Å². The van der Waals surface area contributed by atoms with E-state index in [1.54, 1.807) is 6.92 Å². The lowest BCUT2D eigenvalue weighted by Gasteiger charge is -2.04. The van der Waals surface area contributed by atoms with Crippen LogP contribution in [-0.4, -0.2) is 17.0 Å². The van der Waals surface area contributed by atoms with Crippen molar-refractivity contribution < 1.29 is 13.9 Å². The summed E-state index contributed by atoms with van der Waals surface area (Å²) in [5.74, 6) is -0.272. The number of rotatable bonds is 4. The Hall–Kier alpha value is -0.610. The molecule has 0 aliphatic heterocycles. The zero-order valence-corrected chi connectivity index (χ0v) is 8.65. The molecule has 1 rings (SSSR count). The Bertz CT molecular complexity index is 302. The maximum Gasteiger partial charge on any atom is 0.136 e. The van der Waals surface area contributed by atoms with E-state index < -0.39 is 17.7 Å². The van der Waals surface area contributed by atoms with Crippen molar-refractivity contribution in [2.45, 2.75) is 24.3 Å². The SMILES string of the molecule is CC(O)CCSc1cc(F)ccc1F. The van der Waals surface area contributed by atoms with Gasteiger partial charge in [0, 0.05) is 10.6 Å². The summed E-state index contributed by atoms with van der Waals surface area (Å²) in [4.78, 5) is 0.297. The fourth-order valence-corrected chi connectivity index (χ4v) is 2.01. The highest BCUT2D eigenvalue weighted by Crippen LogP contribution is 2.23. The Morgan fingerprint density at radius 3 is 2.79 bits per heavy atom. The van der Waals surface area contributed by atoms with Gasteiger partial charge in [0.15, 0.2) is 0 Å². The Labute approximate surface area is 86.1 Å². The van der Waals surface area contributed by atoms with E-state index in [9.17, 15) is 8.78 Å². The molecule has 1 aromatic carbocycles. The summed E-state index contributed by atoms with van der Waals surface area (Å²) in [7, 11) is 0. The molecule has 0 spiro atoms. The summed E-state index contributed by atoms with van der Waals surface area (Å²) >= 11 is 1.21. The van der Waals surface area contributed by atoms with Crippen molar-refractivity contribution in [3.05, 3.63) is 29.8 Å². The van der Waals surface area contributed by atoms with Gasteiger partial charge >= 0.3 is 0 Å². The van der Waals surface area contributed by atoms with Crippen LogP contribution in [0, 0.1) is 11.6 Å². The molecular weight excluding hydrogens is 206 g/mol. The predicted octanol–water partition coefficient (Wildman–Crippen LogP) is 2.83. The lowest BCUT2D eigenvalue weighted by Crippen LogP contribution is -2.00. The molecule has 0 aliphatic carbocycles. The Morgan fingerprint density at radius 2 is 2.14 bits per heavy atom. The van der Waals surface area contributed by atoms with Crippen LogP contribution in [0.2, 0.25) is 0 Å². The van der Waals surface area contributed by atoms with E-state index in [4.69, 9.17) is 5.11 Å². The van der Waals surface area contributed by atoms with Crippen molar-refractivity contribution in [1.82, 2.24) is 0 Å². The largest absolute Gasteiger partial charge is 0.393 e. The van der Waals surface area contributed by atoms with Gasteiger partial charge in [0.25, 0.3) is 0 Å². The molecule has 78 valence electrons. The van der Waals surface area contributed by atoms with Crippen LogP contribution in [0.15, 0.2) is 23.1 Å². The summed E-state index contributed by atoms with van der Waals surface area (Å²) in [5, 5.41) is 8.97. The van der Waals surface area contributed by atoms with E-state index in [0.29, 0.717) is 17.1 Å². The van der Waals surface area contributed by atoms with Crippen LogP contribution >= 0.6 is 11.8 Å². The molecule has 0 saturated heterocycles. The highest BCUT2D eigenvalue weighted by atomic mass is 32.2. The molecule has 0 fully saturated rings. The van der Waals surface area contributed by atoms with Gasteiger partial charge < -0.3 is 5.11 Å². The summed E-state index contributed by atoms with van der Waals surface area (Å²) in [6, 6.07) is 3.37. The van der Waals surface area contributed by atoms with Crippen LogP contribution in [0.5, 0.6) is 0 Å². The highest BCUT2D eigenvalue weighted by Gasteiger charge is 2.04. The monoisotopic (exact) mass is 218 g/mol. The van der Waals surface area contributed by atoms with Crippen molar-refractivity contribution in [3.8, 4) is 0 Å².